The van der Waals surface area contributed by atoms with Crippen LogP contribution < -0.4 is 5.32 Å². The number of H-pyrrole nitrogens is 1. The van der Waals surface area contributed by atoms with E-state index in [0.29, 0.717) is 0 Å². The van der Waals surface area contributed by atoms with Crippen molar-refractivity contribution in [1.29, 1.82) is 0 Å². The minimum atomic E-state index is -0.447. The number of amides is 1. The second kappa shape index (κ2) is 4.20. The molecule has 82 valence electrons. The van der Waals surface area contributed by atoms with E-state index < -0.39 is 11.3 Å². The minimum Gasteiger partial charge on any atom is -0.343 e. The van der Waals surface area contributed by atoms with Crippen LogP contribution in [0.5, 0.6) is 0 Å². The number of rotatable bonds is 3. The maximum absolute atomic E-state index is 11.5. The quantitative estimate of drug-likeness (QED) is 0.743. The van der Waals surface area contributed by atoms with Gasteiger partial charge in [-0.2, -0.15) is 15.4 Å². The molecule has 2 N–H and O–H groups in total. The molecule has 0 radical (unpaired) electrons. The Morgan fingerprint density at radius 2 is 2.13 bits per heavy atom. The Balaban J connectivity index is 2.45. The van der Waals surface area contributed by atoms with Crippen molar-refractivity contribution in [1.82, 2.24) is 20.7 Å². The third kappa shape index (κ3) is 3.16. The fraction of sp³-hybridized carbons (Fsp3) is 0.556. The van der Waals surface area contributed by atoms with Crippen molar-refractivity contribution in [3.8, 4) is 0 Å². The van der Waals surface area contributed by atoms with Gasteiger partial charge in [-0.1, -0.05) is 20.8 Å². The van der Waals surface area contributed by atoms with Crippen molar-refractivity contribution in [2.75, 3.05) is 6.54 Å². The van der Waals surface area contributed by atoms with E-state index in [2.05, 4.69) is 20.7 Å². The molecule has 1 aromatic heterocycles. The van der Waals surface area contributed by atoms with Crippen molar-refractivity contribution in [3.05, 3.63) is 11.9 Å². The molecule has 0 spiro atoms. The summed E-state index contributed by atoms with van der Waals surface area (Å²) in [6.45, 7) is 5.42. The highest BCUT2D eigenvalue weighted by atomic mass is 16.2. The van der Waals surface area contributed by atoms with E-state index in [1.54, 1.807) is 20.8 Å². The summed E-state index contributed by atoms with van der Waals surface area (Å²) in [7, 11) is 0. The van der Waals surface area contributed by atoms with Crippen molar-refractivity contribution >= 4 is 11.7 Å². The van der Waals surface area contributed by atoms with E-state index in [1.165, 1.54) is 6.20 Å². The molecule has 1 amide bonds. The molecule has 6 heteroatoms. The van der Waals surface area contributed by atoms with Crippen LogP contribution in [0.15, 0.2) is 6.20 Å². The number of Topliss-reactive ketones (excluding diaryl/α,β-unsaturated/α-hetero) is 1. The van der Waals surface area contributed by atoms with Crippen molar-refractivity contribution in [2.45, 2.75) is 20.8 Å². The smallest absolute Gasteiger partial charge is 0.273 e. The molecule has 6 nitrogen and oxygen atoms in total. The first kappa shape index (κ1) is 11.4. The van der Waals surface area contributed by atoms with Gasteiger partial charge in [-0.05, 0) is 0 Å². The van der Waals surface area contributed by atoms with E-state index >= 15 is 0 Å². The number of carbonyl (C=O) groups excluding carboxylic acids is 2. The summed E-state index contributed by atoms with van der Waals surface area (Å²) >= 11 is 0. The first-order valence-corrected chi connectivity index (χ1v) is 4.58. The molecule has 0 aromatic carbocycles. The van der Waals surface area contributed by atoms with Crippen molar-refractivity contribution < 1.29 is 9.59 Å². The van der Waals surface area contributed by atoms with Gasteiger partial charge in [-0.3, -0.25) is 9.59 Å². The van der Waals surface area contributed by atoms with Gasteiger partial charge in [0.15, 0.2) is 11.5 Å². The van der Waals surface area contributed by atoms with Crippen LogP contribution in [0, 0.1) is 5.41 Å². The highest BCUT2D eigenvalue weighted by molar-refractivity contribution is 5.95. The molecule has 0 aliphatic carbocycles. The zero-order chi connectivity index (χ0) is 11.5. The number of hydrogen-bond acceptors (Lipinski definition) is 4. The molecule has 1 heterocycles. The molecular weight excluding hydrogens is 196 g/mol. The van der Waals surface area contributed by atoms with Crippen LogP contribution in [0.1, 0.15) is 31.3 Å². The lowest BCUT2D eigenvalue weighted by atomic mass is 9.91. The number of aromatic nitrogens is 3. The Bertz CT molecular complexity index is 351. The fourth-order valence-electron chi connectivity index (χ4n) is 0.827. The summed E-state index contributed by atoms with van der Waals surface area (Å²) in [5.74, 6) is -0.430. The summed E-state index contributed by atoms with van der Waals surface area (Å²) in [5.41, 5.74) is -0.270. The molecule has 0 aliphatic rings. The minimum absolute atomic E-state index is 0.00912. The molecule has 1 aromatic rings. The fourth-order valence-corrected chi connectivity index (χ4v) is 0.827. The van der Waals surface area contributed by atoms with E-state index in [0.717, 1.165) is 0 Å². The summed E-state index contributed by atoms with van der Waals surface area (Å²) in [4.78, 5) is 22.8. The Hall–Kier alpha value is -1.72. The van der Waals surface area contributed by atoms with E-state index in [9.17, 15) is 9.59 Å². The molecule has 0 aliphatic heterocycles. The van der Waals surface area contributed by atoms with E-state index in [4.69, 9.17) is 0 Å². The summed E-state index contributed by atoms with van der Waals surface area (Å²) in [6, 6.07) is 0. The molecule has 0 saturated heterocycles. The van der Waals surface area contributed by atoms with Gasteiger partial charge in [0.25, 0.3) is 5.91 Å². The van der Waals surface area contributed by atoms with Crippen LogP contribution in [0.25, 0.3) is 0 Å². The van der Waals surface area contributed by atoms with Crippen LogP contribution >= 0.6 is 0 Å². The SMILES string of the molecule is CC(C)(C)C(=O)CNC(=O)c1cn[nH]n1. The molecule has 0 bridgehead atoms. The zero-order valence-electron chi connectivity index (χ0n) is 9.00. The Kier molecular flexibility index (Phi) is 3.18. The average molecular weight is 210 g/mol. The van der Waals surface area contributed by atoms with Crippen LogP contribution in [0.3, 0.4) is 0 Å². The van der Waals surface area contributed by atoms with Crippen molar-refractivity contribution in [2.24, 2.45) is 5.41 Å². The molecule has 1 rings (SSSR count). The third-order valence-electron chi connectivity index (χ3n) is 1.89. The van der Waals surface area contributed by atoms with Gasteiger partial charge in [-0.25, -0.2) is 0 Å². The Morgan fingerprint density at radius 1 is 1.47 bits per heavy atom. The predicted octanol–water partition coefficient (Wildman–Crippen LogP) is 0.150. The van der Waals surface area contributed by atoms with Gasteiger partial charge in [0, 0.05) is 5.41 Å². The van der Waals surface area contributed by atoms with Gasteiger partial charge in [0.2, 0.25) is 0 Å². The van der Waals surface area contributed by atoms with Crippen LogP contribution in [0.2, 0.25) is 0 Å². The van der Waals surface area contributed by atoms with Crippen LogP contribution in [-0.2, 0) is 4.79 Å². The zero-order valence-corrected chi connectivity index (χ0v) is 9.00. The summed E-state index contributed by atoms with van der Waals surface area (Å²) in [5, 5.41) is 11.9. The average Bonchev–Trinajstić information content (AvgIpc) is 2.64. The monoisotopic (exact) mass is 210 g/mol. The third-order valence-corrected chi connectivity index (χ3v) is 1.89. The van der Waals surface area contributed by atoms with Gasteiger partial charge in [0.1, 0.15) is 0 Å². The van der Waals surface area contributed by atoms with Gasteiger partial charge in [-0.15, -0.1) is 0 Å². The Morgan fingerprint density at radius 3 is 2.60 bits per heavy atom. The second-order valence-corrected chi connectivity index (χ2v) is 4.21. The number of nitrogens with one attached hydrogen (secondary N) is 2. The number of nitrogens with zero attached hydrogens (tertiary/aromatic N) is 2. The number of aromatic amines is 1. The molecule has 0 atom stereocenters. The summed E-state index contributed by atoms with van der Waals surface area (Å²) in [6.07, 6.45) is 1.30. The topological polar surface area (TPSA) is 87.7 Å². The predicted molar refractivity (Wildman–Crippen MR) is 53.2 cm³/mol. The molecule has 0 unspecified atom stereocenters. The number of hydrogen-bond donors (Lipinski definition) is 2. The lowest BCUT2D eigenvalue weighted by Crippen LogP contribution is -2.35. The van der Waals surface area contributed by atoms with Crippen LogP contribution in [-0.4, -0.2) is 33.6 Å². The first-order valence-electron chi connectivity index (χ1n) is 4.58. The van der Waals surface area contributed by atoms with E-state index in [1.807, 2.05) is 0 Å². The van der Waals surface area contributed by atoms with Crippen LogP contribution in [0.4, 0.5) is 0 Å². The second-order valence-electron chi connectivity index (χ2n) is 4.21. The largest absolute Gasteiger partial charge is 0.343 e. The first-order chi connectivity index (χ1) is 6.91. The number of ketones is 1. The Labute approximate surface area is 87.4 Å². The number of carbonyl (C=O) groups is 2. The van der Waals surface area contributed by atoms with E-state index in [-0.39, 0.29) is 18.0 Å². The molecular formula is C9H14N4O2. The lowest BCUT2D eigenvalue weighted by Gasteiger charge is -2.16. The van der Waals surface area contributed by atoms with Gasteiger partial charge >= 0.3 is 0 Å². The maximum atomic E-state index is 11.5. The highest BCUT2D eigenvalue weighted by Crippen LogP contribution is 2.13. The lowest BCUT2D eigenvalue weighted by molar-refractivity contribution is -0.125. The van der Waals surface area contributed by atoms with Gasteiger partial charge in [0.05, 0.1) is 12.7 Å². The maximum Gasteiger partial charge on any atom is 0.273 e. The molecule has 15 heavy (non-hydrogen) atoms. The standard InChI is InChI=1S/C9H14N4O2/c1-9(2,3)7(14)5-10-8(15)6-4-11-13-12-6/h4H,5H2,1-3H3,(H,10,15)(H,11,12,13). The normalized spacial score (nSPS) is 11.1. The van der Waals surface area contributed by atoms with Crippen molar-refractivity contribution in [3.63, 3.8) is 0 Å². The van der Waals surface area contributed by atoms with Gasteiger partial charge < -0.3 is 5.32 Å². The molecule has 0 fully saturated rings. The summed E-state index contributed by atoms with van der Waals surface area (Å²) < 4.78 is 0. The highest BCUT2D eigenvalue weighted by Gasteiger charge is 2.21. The molecule has 0 saturated carbocycles.